The average Bonchev–Trinajstić information content (AvgIpc) is 3.09. The van der Waals surface area contributed by atoms with E-state index < -0.39 is 0 Å². The van der Waals surface area contributed by atoms with Gasteiger partial charge in [-0.25, -0.2) is 4.79 Å². The van der Waals surface area contributed by atoms with Crippen molar-refractivity contribution < 1.29 is 9.53 Å². The molecule has 4 heteroatoms. The maximum atomic E-state index is 11.3. The molecule has 0 radical (unpaired) electrons. The summed E-state index contributed by atoms with van der Waals surface area (Å²) >= 11 is 0. The lowest BCUT2D eigenvalue weighted by molar-refractivity contribution is -0.134. The molecular formula is C26H30N2O2. The van der Waals surface area contributed by atoms with Crippen LogP contribution < -0.4 is 0 Å². The molecule has 1 unspecified atom stereocenters. The smallest absolute Gasteiger partial charge is 0.330 e. The molecule has 0 bridgehead atoms. The van der Waals surface area contributed by atoms with Gasteiger partial charge in [0.25, 0.3) is 0 Å². The Kier molecular flexibility index (Phi) is 6.34. The summed E-state index contributed by atoms with van der Waals surface area (Å²) in [6.07, 6.45) is 8.16. The normalized spacial score (nSPS) is 17.6. The third kappa shape index (κ3) is 4.65. The van der Waals surface area contributed by atoms with Crippen molar-refractivity contribution in [2.24, 2.45) is 0 Å². The zero-order valence-corrected chi connectivity index (χ0v) is 17.9. The Morgan fingerprint density at radius 2 is 1.97 bits per heavy atom. The highest BCUT2D eigenvalue weighted by molar-refractivity contribution is 5.87. The van der Waals surface area contributed by atoms with E-state index in [9.17, 15) is 4.79 Å². The van der Waals surface area contributed by atoms with Gasteiger partial charge in [-0.1, -0.05) is 48.9 Å². The van der Waals surface area contributed by atoms with E-state index in [1.54, 1.807) is 6.08 Å². The first-order chi connectivity index (χ1) is 14.6. The Morgan fingerprint density at radius 1 is 1.17 bits per heavy atom. The summed E-state index contributed by atoms with van der Waals surface area (Å²) in [6, 6.07) is 17.7. The van der Waals surface area contributed by atoms with Crippen LogP contribution in [0.5, 0.6) is 0 Å². The molecule has 1 aliphatic heterocycles. The third-order valence-electron chi connectivity index (χ3n) is 6.19. The second-order valence-electron chi connectivity index (χ2n) is 8.20. The highest BCUT2D eigenvalue weighted by Crippen LogP contribution is 2.28. The Balaban J connectivity index is 1.47. The number of para-hydroxylation sites is 1. The van der Waals surface area contributed by atoms with Crippen molar-refractivity contribution in [1.82, 2.24) is 9.88 Å². The summed E-state index contributed by atoms with van der Waals surface area (Å²) in [5.41, 5.74) is 6.32. The van der Waals surface area contributed by atoms with Gasteiger partial charge in [0.1, 0.15) is 0 Å². The van der Waals surface area contributed by atoms with E-state index >= 15 is 0 Å². The minimum atomic E-state index is -0.331. The number of hydrogen-bond acceptors (Lipinski definition) is 3. The van der Waals surface area contributed by atoms with Crippen LogP contribution in [0.25, 0.3) is 17.0 Å². The van der Waals surface area contributed by atoms with Gasteiger partial charge in [-0.05, 0) is 61.6 Å². The molecule has 0 amide bonds. The standard InChI is InChI=1S/C26H30N2O2/c1-19-24(23-8-3-4-9-25(23)27-19)17-22-7-5-6-16-28(22)18-21-12-10-20(11-13-21)14-15-26(29)30-2/h3-4,8-15,22,27H,5-7,16-18H2,1-2H3/b15-14+. The number of likely N-dealkylation sites (tertiary alicyclic amines) is 1. The van der Waals surface area contributed by atoms with Crippen LogP contribution in [0.4, 0.5) is 0 Å². The lowest BCUT2D eigenvalue weighted by Crippen LogP contribution is -2.40. The fourth-order valence-electron chi connectivity index (χ4n) is 4.53. The van der Waals surface area contributed by atoms with Crippen molar-refractivity contribution in [1.29, 1.82) is 0 Å². The Morgan fingerprint density at radius 3 is 2.77 bits per heavy atom. The SMILES string of the molecule is COC(=O)/C=C/c1ccc(CN2CCCCC2Cc2c(C)[nH]c3ccccc23)cc1. The zero-order valence-electron chi connectivity index (χ0n) is 17.9. The van der Waals surface area contributed by atoms with Gasteiger partial charge in [0.2, 0.25) is 0 Å². The topological polar surface area (TPSA) is 45.3 Å². The molecule has 4 rings (SSSR count). The summed E-state index contributed by atoms with van der Waals surface area (Å²) < 4.78 is 4.65. The van der Waals surface area contributed by atoms with Crippen molar-refractivity contribution in [3.8, 4) is 0 Å². The first-order valence-electron chi connectivity index (χ1n) is 10.8. The number of carbonyl (C=O) groups is 1. The molecule has 4 nitrogen and oxygen atoms in total. The predicted molar refractivity (Wildman–Crippen MR) is 122 cm³/mol. The molecule has 30 heavy (non-hydrogen) atoms. The Labute approximate surface area is 178 Å². The van der Waals surface area contributed by atoms with Crippen molar-refractivity contribution >= 4 is 22.9 Å². The fourth-order valence-corrected chi connectivity index (χ4v) is 4.53. The Bertz CT molecular complexity index is 1030. The van der Waals surface area contributed by atoms with E-state index in [2.05, 4.69) is 70.1 Å². The molecular weight excluding hydrogens is 372 g/mol. The molecule has 1 saturated heterocycles. The molecule has 0 aliphatic carbocycles. The zero-order chi connectivity index (χ0) is 20.9. The molecule has 2 heterocycles. The minimum Gasteiger partial charge on any atom is -0.466 e. The van der Waals surface area contributed by atoms with E-state index in [1.165, 1.54) is 60.2 Å². The number of aromatic amines is 1. The summed E-state index contributed by atoms with van der Waals surface area (Å²) in [4.78, 5) is 17.5. The highest BCUT2D eigenvalue weighted by Gasteiger charge is 2.24. The van der Waals surface area contributed by atoms with Gasteiger partial charge < -0.3 is 9.72 Å². The van der Waals surface area contributed by atoms with Crippen LogP contribution >= 0.6 is 0 Å². The number of esters is 1. The van der Waals surface area contributed by atoms with Gasteiger partial charge in [0.15, 0.2) is 0 Å². The second-order valence-corrected chi connectivity index (χ2v) is 8.20. The second kappa shape index (κ2) is 9.31. The van der Waals surface area contributed by atoms with Gasteiger partial charge in [-0.15, -0.1) is 0 Å². The molecule has 156 valence electrons. The van der Waals surface area contributed by atoms with Gasteiger partial charge in [-0.3, -0.25) is 4.90 Å². The van der Waals surface area contributed by atoms with Gasteiger partial charge in [0, 0.05) is 35.3 Å². The number of methoxy groups -OCH3 is 1. The molecule has 1 atom stereocenters. The molecule has 1 aromatic heterocycles. The van der Waals surface area contributed by atoms with Crippen LogP contribution in [0.2, 0.25) is 0 Å². The molecule has 2 aromatic carbocycles. The number of benzene rings is 2. The molecule has 1 aliphatic rings. The first-order valence-corrected chi connectivity index (χ1v) is 10.8. The quantitative estimate of drug-likeness (QED) is 0.452. The summed E-state index contributed by atoms with van der Waals surface area (Å²) in [5.74, 6) is -0.331. The van der Waals surface area contributed by atoms with E-state index in [4.69, 9.17) is 0 Å². The van der Waals surface area contributed by atoms with E-state index in [-0.39, 0.29) is 5.97 Å². The number of H-pyrrole nitrogens is 1. The van der Waals surface area contributed by atoms with Crippen molar-refractivity contribution in [2.45, 2.75) is 45.2 Å². The number of ether oxygens (including phenoxy) is 1. The molecule has 0 spiro atoms. The summed E-state index contributed by atoms with van der Waals surface area (Å²) in [6.45, 7) is 4.31. The maximum absolute atomic E-state index is 11.3. The van der Waals surface area contributed by atoms with E-state index in [0.29, 0.717) is 6.04 Å². The number of hydrogen-bond donors (Lipinski definition) is 1. The fraction of sp³-hybridized carbons (Fsp3) is 0.346. The van der Waals surface area contributed by atoms with Crippen molar-refractivity contribution in [3.05, 3.63) is 77.0 Å². The number of carbonyl (C=O) groups excluding carboxylic acids is 1. The number of aryl methyl sites for hydroxylation is 1. The van der Waals surface area contributed by atoms with Crippen LogP contribution in [0.15, 0.2) is 54.6 Å². The van der Waals surface area contributed by atoms with E-state index in [0.717, 1.165) is 25.1 Å². The van der Waals surface area contributed by atoms with Crippen LogP contribution in [0.3, 0.4) is 0 Å². The number of piperidine rings is 1. The lowest BCUT2D eigenvalue weighted by atomic mass is 9.93. The number of aromatic nitrogens is 1. The average molecular weight is 403 g/mol. The molecule has 0 saturated carbocycles. The van der Waals surface area contributed by atoms with Gasteiger partial charge >= 0.3 is 5.97 Å². The van der Waals surface area contributed by atoms with Crippen LogP contribution in [0, 0.1) is 6.92 Å². The summed E-state index contributed by atoms with van der Waals surface area (Å²) in [7, 11) is 1.39. The first kappa shape index (κ1) is 20.4. The number of nitrogens with zero attached hydrogens (tertiary/aromatic N) is 1. The molecule has 1 N–H and O–H groups in total. The lowest BCUT2D eigenvalue weighted by Gasteiger charge is -2.36. The highest BCUT2D eigenvalue weighted by atomic mass is 16.5. The number of nitrogens with one attached hydrogen (secondary N) is 1. The van der Waals surface area contributed by atoms with Gasteiger partial charge in [0.05, 0.1) is 7.11 Å². The number of rotatable bonds is 6. The third-order valence-corrected chi connectivity index (χ3v) is 6.19. The van der Waals surface area contributed by atoms with Crippen LogP contribution in [0.1, 0.15) is 41.6 Å². The van der Waals surface area contributed by atoms with Crippen molar-refractivity contribution in [3.63, 3.8) is 0 Å². The molecule has 1 fully saturated rings. The largest absolute Gasteiger partial charge is 0.466 e. The Hall–Kier alpha value is -2.85. The molecule has 3 aromatic rings. The van der Waals surface area contributed by atoms with Gasteiger partial charge in [-0.2, -0.15) is 0 Å². The predicted octanol–water partition coefficient (Wildman–Crippen LogP) is 5.26. The minimum absolute atomic E-state index is 0.331. The monoisotopic (exact) mass is 402 g/mol. The summed E-state index contributed by atoms with van der Waals surface area (Å²) in [5, 5.41) is 1.36. The maximum Gasteiger partial charge on any atom is 0.330 e. The van der Waals surface area contributed by atoms with Crippen molar-refractivity contribution in [2.75, 3.05) is 13.7 Å². The van der Waals surface area contributed by atoms with E-state index in [1.807, 2.05) is 0 Å². The van der Waals surface area contributed by atoms with Crippen LogP contribution in [-0.4, -0.2) is 35.5 Å². The van der Waals surface area contributed by atoms with Crippen LogP contribution in [-0.2, 0) is 22.5 Å². The number of fused-ring (bicyclic) bond motifs is 1.